The number of hydrogen-bond acceptors (Lipinski definition) is 5. The van der Waals surface area contributed by atoms with Crippen molar-refractivity contribution >= 4 is 27.5 Å². The fourth-order valence-corrected chi connectivity index (χ4v) is 3.63. The number of hydrogen-bond donors (Lipinski definition) is 2. The highest BCUT2D eigenvalue weighted by molar-refractivity contribution is 8.01. The Labute approximate surface area is 101 Å². The van der Waals surface area contributed by atoms with E-state index in [1.54, 1.807) is 6.92 Å². The van der Waals surface area contributed by atoms with E-state index in [0.717, 1.165) is 0 Å². The van der Waals surface area contributed by atoms with Crippen molar-refractivity contribution in [2.24, 2.45) is 5.73 Å². The Balaban J connectivity index is 3.87. The molecule has 0 saturated heterocycles. The largest absolute Gasteiger partial charge is 0.392 e. The molecule has 0 bridgehead atoms. The molecule has 2 atom stereocenters. The van der Waals surface area contributed by atoms with Gasteiger partial charge in [0, 0.05) is 17.4 Å². The van der Waals surface area contributed by atoms with Crippen LogP contribution in [0, 0.1) is 0 Å². The fraction of sp³-hybridized carbons (Fsp3) is 0.889. The summed E-state index contributed by atoms with van der Waals surface area (Å²) < 4.78 is 22.8. The van der Waals surface area contributed by atoms with E-state index in [1.165, 1.54) is 11.8 Å². The number of aliphatic hydroxyl groups excluding tert-OH is 1. The summed E-state index contributed by atoms with van der Waals surface area (Å²) in [7, 11) is -3.20. The van der Waals surface area contributed by atoms with Crippen LogP contribution in [-0.4, -0.2) is 48.0 Å². The number of carbonyl (C=O) groups excluding carboxylic acids is 1. The third-order valence-electron chi connectivity index (χ3n) is 2.11. The van der Waals surface area contributed by atoms with E-state index < -0.39 is 21.8 Å². The maximum Gasteiger partial charge on any atom is 0.218 e. The number of aliphatic hydroxyl groups is 1. The molecule has 7 heteroatoms. The molecule has 0 spiro atoms. The highest BCUT2D eigenvalue weighted by Crippen LogP contribution is 2.14. The summed E-state index contributed by atoms with van der Waals surface area (Å²) in [5.41, 5.74) is 4.87. The summed E-state index contributed by atoms with van der Waals surface area (Å²) in [5.74, 6) is -0.352. The van der Waals surface area contributed by atoms with Crippen molar-refractivity contribution in [1.29, 1.82) is 0 Å². The minimum absolute atomic E-state index is 0.00587. The van der Waals surface area contributed by atoms with E-state index in [-0.39, 0.29) is 23.2 Å². The quantitative estimate of drug-likeness (QED) is 0.635. The molecule has 0 aliphatic rings. The van der Waals surface area contributed by atoms with Gasteiger partial charge in [-0.25, -0.2) is 8.42 Å². The molecule has 0 aliphatic carbocycles. The smallest absolute Gasteiger partial charge is 0.218 e. The van der Waals surface area contributed by atoms with Crippen LogP contribution in [0.2, 0.25) is 0 Å². The number of nitrogens with two attached hydrogens (primary N) is 1. The molecular weight excluding hydrogens is 250 g/mol. The van der Waals surface area contributed by atoms with Gasteiger partial charge < -0.3 is 10.8 Å². The lowest BCUT2D eigenvalue weighted by Gasteiger charge is -2.13. The van der Waals surface area contributed by atoms with E-state index in [0.29, 0.717) is 5.75 Å². The molecule has 5 nitrogen and oxygen atoms in total. The van der Waals surface area contributed by atoms with Crippen molar-refractivity contribution in [1.82, 2.24) is 0 Å². The lowest BCUT2D eigenvalue weighted by atomic mass is 10.3. The topological polar surface area (TPSA) is 97.5 Å². The van der Waals surface area contributed by atoms with Gasteiger partial charge in [0.05, 0.1) is 17.6 Å². The number of primary amides is 1. The number of rotatable bonds is 8. The first-order valence-electron chi connectivity index (χ1n) is 5.03. The molecule has 16 heavy (non-hydrogen) atoms. The van der Waals surface area contributed by atoms with E-state index in [1.807, 2.05) is 6.92 Å². The molecule has 2 unspecified atom stereocenters. The van der Waals surface area contributed by atoms with Crippen LogP contribution in [0.5, 0.6) is 0 Å². The molecule has 0 fully saturated rings. The Hall–Kier alpha value is -0.270. The van der Waals surface area contributed by atoms with Gasteiger partial charge in [-0.1, -0.05) is 6.92 Å². The molecule has 0 aromatic carbocycles. The summed E-state index contributed by atoms with van der Waals surface area (Å²) in [5, 5.41) is 9.20. The Morgan fingerprint density at radius 2 is 1.94 bits per heavy atom. The molecule has 0 radical (unpaired) electrons. The van der Waals surface area contributed by atoms with Crippen molar-refractivity contribution < 1.29 is 18.3 Å². The van der Waals surface area contributed by atoms with Crippen molar-refractivity contribution in [3.05, 3.63) is 0 Å². The third kappa shape index (κ3) is 7.95. The van der Waals surface area contributed by atoms with Gasteiger partial charge in [0.2, 0.25) is 5.91 Å². The number of amides is 1. The second-order valence-corrected chi connectivity index (χ2v) is 7.47. The van der Waals surface area contributed by atoms with Gasteiger partial charge in [0.25, 0.3) is 0 Å². The molecule has 0 aromatic heterocycles. The molecule has 3 N–H and O–H groups in total. The molecule has 0 aromatic rings. The van der Waals surface area contributed by atoms with Gasteiger partial charge in [-0.2, -0.15) is 11.8 Å². The van der Waals surface area contributed by atoms with Gasteiger partial charge in [-0.05, 0) is 6.92 Å². The number of carbonyl (C=O) groups is 1. The zero-order valence-electron chi connectivity index (χ0n) is 9.55. The van der Waals surface area contributed by atoms with Gasteiger partial charge in [0.1, 0.15) is 0 Å². The van der Waals surface area contributed by atoms with E-state index in [4.69, 9.17) is 5.73 Å². The summed E-state index contributed by atoms with van der Waals surface area (Å²) in [6.45, 7) is 3.50. The monoisotopic (exact) mass is 269 g/mol. The number of sulfone groups is 1. The summed E-state index contributed by atoms with van der Waals surface area (Å²) in [4.78, 5) is 10.4. The third-order valence-corrected chi connectivity index (χ3v) is 5.38. The SMILES string of the molecule is CC(O)C(C)SCCS(=O)(=O)CCC(N)=O. The van der Waals surface area contributed by atoms with Crippen molar-refractivity contribution in [2.45, 2.75) is 31.6 Å². The average molecular weight is 269 g/mol. The minimum Gasteiger partial charge on any atom is -0.392 e. The molecule has 0 aliphatic heterocycles. The van der Waals surface area contributed by atoms with E-state index >= 15 is 0 Å². The second-order valence-electron chi connectivity index (χ2n) is 3.68. The van der Waals surface area contributed by atoms with Crippen LogP contribution in [0.1, 0.15) is 20.3 Å². The summed E-state index contributed by atoms with van der Waals surface area (Å²) in [6, 6.07) is 0. The van der Waals surface area contributed by atoms with Crippen molar-refractivity contribution in [3.8, 4) is 0 Å². The maximum absolute atomic E-state index is 11.4. The fourth-order valence-electron chi connectivity index (χ4n) is 0.858. The first-order valence-corrected chi connectivity index (χ1v) is 7.90. The van der Waals surface area contributed by atoms with Gasteiger partial charge in [-0.3, -0.25) is 4.79 Å². The Bertz CT molecular complexity index is 313. The average Bonchev–Trinajstić information content (AvgIpc) is 2.14. The summed E-state index contributed by atoms with van der Waals surface area (Å²) in [6.07, 6.45) is -0.586. The lowest BCUT2D eigenvalue weighted by molar-refractivity contribution is -0.117. The Morgan fingerprint density at radius 1 is 1.38 bits per heavy atom. The predicted octanol–water partition coefficient (Wildman–Crippen LogP) is -0.221. The zero-order chi connectivity index (χ0) is 12.8. The predicted molar refractivity (Wildman–Crippen MR) is 66.1 cm³/mol. The van der Waals surface area contributed by atoms with Crippen LogP contribution in [0.25, 0.3) is 0 Å². The first-order chi connectivity index (χ1) is 7.24. The van der Waals surface area contributed by atoms with Crippen LogP contribution in [-0.2, 0) is 14.6 Å². The molecule has 0 rings (SSSR count). The van der Waals surface area contributed by atoms with Crippen LogP contribution in [0.3, 0.4) is 0 Å². The molecule has 1 amide bonds. The normalized spacial score (nSPS) is 15.7. The molecule has 0 heterocycles. The molecule has 96 valence electrons. The molecule has 0 saturated carbocycles. The highest BCUT2D eigenvalue weighted by Gasteiger charge is 2.14. The highest BCUT2D eigenvalue weighted by atomic mass is 32.2. The second kappa shape index (κ2) is 7.13. The standard InChI is InChI=1S/C9H19NO4S2/c1-7(11)8(2)15-4-6-16(13,14)5-3-9(10)12/h7-8,11H,3-6H2,1-2H3,(H2,10,12). The van der Waals surface area contributed by atoms with Crippen molar-refractivity contribution in [3.63, 3.8) is 0 Å². The van der Waals surface area contributed by atoms with Crippen molar-refractivity contribution in [2.75, 3.05) is 17.3 Å². The van der Waals surface area contributed by atoms with Crippen LogP contribution in [0.4, 0.5) is 0 Å². The van der Waals surface area contributed by atoms with Gasteiger partial charge in [0.15, 0.2) is 9.84 Å². The van der Waals surface area contributed by atoms with E-state index in [9.17, 15) is 18.3 Å². The Morgan fingerprint density at radius 3 is 2.38 bits per heavy atom. The Kier molecular flexibility index (Phi) is 7.01. The van der Waals surface area contributed by atoms with Crippen LogP contribution in [0.15, 0.2) is 0 Å². The minimum atomic E-state index is -3.20. The zero-order valence-corrected chi connectivity index (χ0v) is 11.2. The van der Waals surface area contributed by atoms with Crippen LogP contribution < -0.4 is 5.73 Å². The lowest BCUT2D eigenvalue weighted by Crippen LogP contribution is -2.21. The molecular formula is C9H19NO4S2. The van der Waals surface area contributed by atoms with Gasteiger partial charge in [-0.15, -0.1) is 0 Å². The van der Waals surface area contributed by atoms with E-state index in [2.05, 4.69) is 0 Å². The maximum atomic E-state index is 11.4. The first kappa shape index (κ1) is 15.7. The summed E-state index contributed by atoms with van der Waals surface area (Å²) >= 11 is 1.40. The van der Waals surface area contributed by atoms with Gasteiger partial charge >= 0.3 is 0 Å². The van der Waals surface area contributed by atoms with Crippen LogP contribution >= 0.6 is 11.8 Å². The number of thioether (sulfide) groups is 1.